The Morgan fingerprint density at radius 3 is 2.77 bits per heavy atom. The average Bonchev–Trinajstić information content (AvgIpc) is 3.23. The molecule has 3 atom stereocenters. The molecule has 0 amide bonds. The van der Waals surface area contributed by atoms with E-state index in [0.29, 0.717) is 0 Å². The summed E-state index contributed by atoms with van der Waals surface area (Å²) in [5, 5.41) is 14.5. The second-order valence-electron chi connectivity index (χ2n) is 6.85. The van der Waals surface area contributed by atoms with E-state index in [1.165, 1.54) is 25.8 Å². The molecule has 0 radical (unpaired) electrons. The minimum absolute atomic E-state index is 0.126. The van der Waals surface area contributed by atoms with Gasteiger partial charge in [-0.05, 0) is 37.7 Å². The lowest BCUT2D eigenvalue weighted by Gasteiger charge is -2.29. The third-order valence-electron chi connectivity index (χ3n) is 5.27. The summed E-state index contributed by atoms with van der Waals surface area (Å²) in [5.74, 6) is 1.05. The van der Waals surface area contributed by atoms with Crippen LogP contribution in [0.25, 0.3) is 11.1 Å². The van der Waals surface area contributed by atoms with Gasteiger partial charge in [0.05, 0.1) is 11.6 Å². The number of likely N-dealkylation sites (tertiary alicyclic amines) is 1. The van der Waals surface area contributed by atoms with Crippen LogP contribution in [0, 0.1) is 5.92 Å². The number of rotatable bonds is 4. The van der Waals surface area contributed by atoms with Gasteiger partial charge in [-0.1, -0.05) is 30.3 Å². The van der Waals surface area contributed by atoms with E-state index in [0.717, 1.165) is 29.6 Å². The number of benzene rings is 1. The van der Waals surface area contributed by atoms with Crippen LogP contribution in [0.15, 0.2) is 36.5 Å². The molecule has 2 fully saturated rings. The molecule has 1 N–H and O–H groups in total. The van der Waals surface area contributed by atoms with Gasteiger partial charge in [0.25, 0.3) is 0 Å². The maximum absolute atomic E-state index is 10.2. The molecular weight excluding hydrogens is 274 g/mol. The summed E-state index contributed by atoms with van der Waals surface area (Å²) in [6.45, 7) is 4.46. The van der Waals surface area contributed by atoms with Crippen molar-refractivity contribution in [1.82, 2.24) is 14.7 Å². The van der Waals surface area contributed by atoms with Crippen molar-refractivity contribution in [2.24, 2.45) is 5.92 Å². The zero-order valence-electron chi connectivity index (χ0n) is 13.0. The molecule has 1 saturated heterocycles. The quantitative estimate of drug-likeness (QED) is 0.941. The zero-order valence-corrected chi connectivity index (χ0v) is 13.0. The maximum Gasteiger partial charge on any atom is 0.238 e. The highest BCUT2D eigenvalue weighted by atomic mass is 16.3. The summed E-state index contributed by atoms with van der Waals surface area (Å²) in [6.07, 6.45) is 6.13. The molecule has 1 aliphatic carbocycles. The van der Waals surface area contributed by atoms with Gasteiger partial charge < -0.3 is 5.11 Å². The lowest BCUT2D eigenvalue weighted by molar-refractivity contribution is 0.183. The number of piperidine rings is 1. The molecule has 1 saturated carbocycles. The first-order valence-corrected chi connectivity index (χ1v) is 8.28. The van der Waals surface area contributed by atoms with Crippen molar-refractivity contribution >= 4 is 0 Å². The van der Waals surface area contributed by atoms with Crippen molar-refractivity contribution in [2.45, 2.75) is 38.3 Å². The summed E-state index contributed by atoms with van der Waals surface area (Å²) >= 11 is 0. The van der Waals surface area contributed by atoms with Gasteiger partial charge in [-0.2, -0.15) is 0 Å². The number of aromatic hydroxyl groups is 1. The van der Waals surface area contributed by atoms with Crippen LogP contribution >= 0.6 is 0 Å². The Balaban J connectivity index is 1.51. The van der Waals surface area contributed by atoms with Crippen LogP contribution in [0.3, 0.4) is 0 Å². The third kappa shape index (κ3) is 2.41. The zero-order chi connectivity index (χ0) is 15.1. The average molecular weight is 297 g/mol. The van der Waals surface area contributed by atoms with Crippen LogP contribution in [-0.2, 0) is 0 Å². The highest BCUT2D eigenvalue weighted by Gasteiger charge is 2.38. The molecule has 2 aromatic rings. The van der Waals surface area contributed by atoms with Crippen molar-refractivity contribution < 1.29 is 5.11 Å². The fourth-order valence-corrected chi connectivity index (χ4v) is 4.10. The summed E-state index contributed by atoms with van der Waals surface area (Å²) in [4.78, 5) is 2.61. The molecule has 1 aromatic carbocycles. The highest BCUT2D eigenvalue weighted by Crippen LogP contribution is 2.38. The Bertz CT molecular complexity index is 652. The molecule has 0 spiro atoms. The van der Waals surface area contributed by atoms with Crippen LogP contribution < -0.4 is 0 Å². The van der Waals surface area contributed by atoms with Gasteiger partial charge in [0.1, 0.15) is 0 Å². The Kier molecular flexibility index (Phi) is 3.41. The maximum atomic E-state index is 10.2. The summed E-state index contributed by atoms with van der Waals surface area (Å²) < 4.78 is 1.92. The Labute approximate surface area is 131 Å². The van der Waals surface area contributed by atoms with Gasteiger partial charge in [-0.15, -0.1) is 5.10 Å². The van der Waals surface area contributed by atoms with Gasteiger partial charge in [-0.25, -0.2) is 0 Å². The molecule has 1 aliphatic heterocycles. The fraction of sp³-hybridized carbons (Fsp3) is 0.500. The van der Waals surface area contributed by atoms with Crippen molar-refractivity contribution in [1.29, 1.82) is 0 Å². The molecular formula is C18H23N3O. The molecule has 4 rings (SSSR count). The topological polar surface area (TPSA) is 41.3 Å². The Morgan fingerprint density at radius 2 is 2.09 bits per heavy atom. The molecule has 4 nitrogen and oxygen atoms in total. The first-order valence-electron chi connectivity index (χ1n) is 8.28. The molecule has 2 heterocycles. The molecule has 116 valence electrons. The minimum atomic E-state index is 0.126. The van der Waals surface area contributed by atoms with Gasteiger partial charge in [0.15, 0.2) is 0 Å². The van der Waals surface area contributed by atoms with Crippen LogP contribution in [-0.4, -0.2) is 38.9 Å². The Morgan fingerprint density at radius 1 is 1.27 bits per heavy atom. The van der Waals surface area contributed by atoms with Crippen molar-refractivity contribution in [2.75, 3.05) is 13.1 Å². The second kappa shape index (κ2) is 5.43. The predicted molar refractivity (Wildman–Crippen MR) is 86.7 cm³/mol. The number of hydrogen-bond acceptors (Lipinski definition) is 3. The minimum Gasteiger partial charge on any atom is -0.492 e. The van der Waals surface area contributed by atoms with E-state index in [4.69, 9.17) is 0 Å². The molecule has 4 heteroatoms. The summed E-state index contributed by atoms with van der Waals surface area (Å²) in [6, 6.07) is 11.0. The largest absolute Gasteiger partial charge is 0.492 e. The predicted octanol–water partition coefficient (Wildman–Crippen LogP) is 3.30. The van der Waals surface area contributed by atoms with Gasteiger partial charge >= 0.3 is 0 Å². The number of nitrogens with zero attached hydrogens (tertiary/aromatic N) is 3. The number of aromatic nitrogens is 2. The number of hydrogen-bond donors (Lipinski definition) is 1. The van der Waals surface area contributed by atoms with E-state index in [1.54, 1.807) is 0 Å². The highest BCUT2D eigenvalue weighted by molar-refractivity contribution is 5.67. The van der Waals surface area contributed by atoms with Crippen molar-refractivity contribution in [3.05, 3.63) is 36.5 Å². The SMILES string of the molecule is CC(CN1CC2CCC1C2)n1cc(-c2ccccc2)c(O)n1. The van der Waals surface area contributed by atoms with E-state index in [2.05, 4.69) is 16.9 Å². The fourth-order valence-electron chi connectivity index (χ4n) is 4.10. The van der Waals surface area contributed by atoms with E-state index < -0.39 is 0 Å². The monoisotopic (exact) mass is 297 g/mol. The van der Waals surface area contributed by atoms with Crippen molar-refractivity contribution in [3.63, 3.8) is 0 Å². The van der Waals surface area contributed by atoms with E-state index in [9.17, 15) is 5.11 Å². The van der Waals surface area contributed by atoms with Crippen LogP contribution in [0.2, 0.25) is 0 Å². The van der Waals surface area contributed by atoms with Crippen LogP contribution in [0.4, 0.5) is 0 Å². The molecule has 2 aliphatic rings. The third-order valence-corrected chi connectivity index (χ3v) is 5.27. The number of fused-ring (bicyclic) bond motifs is 2. The Hall–Kier alpha value is -1.81. The van der Waals surface area contributed by atoms with Crippen molar-refractivity contribution in [3.8, 4) is 17.0 Å². The van der Waals surface area contributed by atoms with Crippen LogP contribution in [0.5, 0.6) is 5.88 Å². The standard InChI is InChI=1S/C18H23N3O/c1-13(10-20-11-14-7-8-16(20)9-14)21-12-17(18(22)19-21)15-5-3-2-4-6-15/h2-6,12-14,16H,7-11H2,1H3,(H,19,22). The van der Waals surface area contributed by atoms with E-state index in [-0.39, 0.29) is 11.9 Å². The van der Waals surface area contributed by atoms with Crippen LogP contribution in [0.1, 0.15) is 32.2 Å². The van der Waals surface area contributed by atoms with E-state index in [1.807, 2.05) is 41.2 Å². The summed E-state index contributed by atoms with van der Waals surface area (Å²) in [7, 11) is 0. The van der Waals surface area contributed by atoms with Gasteiger partial charge in [0, 0.05) is 25.3 Å². The first-order chi connectivity index (χ1) is 10.7. The molecule has 3 unspecified atom stereocenters. The molecule has 22 heavy (non-hydrogen) atoms. The smallest absolute Gasteiger partial charge is 0.238 e. The lowest BCUT2D eigenvalue weighted by Crippen LogP contribution is -2.36. The summed E-state index contributed by atoms with van der Waals surface area (Å²) in [5.41, 5.74) is 1.83. The second-order valence-corrected chi connectivity index (χ2v) is 6.85. The van der Waals surface area contributed by atoms with E-state index >= 15 is 0 Å². The molecule has 2 bridgehead atoms. The van der Waals surface area contributed by atoms with Gasteiger partial charge in [-0.3, -0.25) is 9.58 Å². The normalized spacial score (nSPS) is 25.7. The molecule has 1 aromatic heterocycles. The van der Waals surface area contributed by atoms with Gasteiger partial charge in [0.2, 0.25) is 5.88 Å². The first kappa shape index (κ1) is 13.8. The lowest BCUT2D eigenvalue weighted by atomic mass is 10.1.